The van der Waals surface area contributed by atoms with Crippen LogP contribution in [0.2, 0.25) is 0 Å². The Morgan fingerprint density at radius 1 is 0.935 bits per heavy atom. The fourth-order valence-electron chi connectivity index (χ4n) is 3.42. The molecule has 4 aromatic rings. The van der Waals surface area contributed by atoms with E-state index in [0.717, 1.165) is 33.4 Å². The van der Waals surface area contributed by atoms with E-state index in [-0.39, 0.29) is 0 Å². The Morgan fingerprint density at radius 3 is 2.39 bits per heavy atom. The summed E-state index contributed by atoms with van der Waals surface area (Å²) in [6.07, 6.45) is 0. The van der Waals surface area contributed by atoms with Gasteiger partial charge in [0.2, 0.25) is 11.8 Å². The summed E-state index contributed by atoms with van der Waals surface area (Å²) in [5.41, 5.74) is 5.96. The first-order chi connectivity index (χ1) is 15.0. The highest BCUT2D eigenvalue weighted by Gasteiger charge is 2.15. The Kier molecular flexibility index (Phi) is 5.91. The Bertz CT molecular complexity index is 1200. The van der Waals surface area contributed by atoms with Crippen molar-refractivity contribution in [2.75, 3.05) is 0 Å². The van der Waals surface area contributed by atoms with Gasteiger partial charge in [-0.15, -0.1) is 10.2 Å². The first-order valence-electron chi connectivity index (χ1n) is 10.1. The molecule has 4 rings (SSSR count). The third-order valence-electron chi connectivity index (χ3n) is 5.23. The molecular formula is C25H23N3O3. The van der Waals surface area contributed by atoms with E-state index in [4.69, 9.17) is 9.52 Å². The topological polar surface area (TPSA) is 88.2 Å². The Hall–Kier alpha value is -3.77. The lowest BCUT2D eigenvalue weighted by Gasteiger charge is -2.09. The zero-order chi connectivity index (χ0) is 21.8. The number of aromatic nitrogens is 2. The molecule has 1 aromatic heterocycles. The number of nitrogens with one attached hydrogen (secondary N) is 1. The zero-order valence-corrected chi connectivity index (χ0v) is 17.4. The predicted molar refractivity (Wildman–Crippen MR) is 119 cm³/mol. The summed E-state index contributed by atoms with van der Waals surface area (Å²) < 4.78 is 6.01. The van der Waals surface area contributed by atoms with Gasteiger partial charge in [0, 0.05) is 17.7 Å². The molecule has 6 heteroatoms. The second-order valence-corrected chi connectivity index (χ2v) is 7.40. The van der Waals surface area contributed by atoms with E-state index in [0.29, 0.717) is 18.3 Å². The lowest BCUT2D eigenvalue weighted by atomic mass is 9.96. The molecule has 0 unspecified atom stereocenters. The molecule has 0 spiro atoms. The van der Waals surface area contributed by atoms with Gasteiger partial charge in [0.25, 0.3) is 0 Å². The highest BCUT2D eigenvalue weighted by molar-refractivity contribution is 5.75. The van der Waals surface area contributed by atoms with Gasteiger partial charge in [-0.25, -0.2) is 0 Å². The first kappa shape index (κ1) is 20.5. The van der Waals surface area contributed by atoms with Gasteiger partial charge in [0.1, 0.15) is 6.04 Å². The molecule has 0 aliphatic heterocycles. The number of carboxylic acid groups (broad SMARTS) is 1. The Balaban J connectivity index is 1.60. The minimum atomic E-state index is -0.884. The summed E-state index contributed by atoms with van der Waals surface area (Å²) in [6, 6.07) is 23.3. The molecule has 6 nitrogen and oxygen atoms in total. The summed E-state index contributed by atoms with van der Waals surface area (Å²) in [4.78, 5) is 11.0. The maximum absolute atomic E-state index is 11.0. The van der Waals surface area contributed by atoms with Gasteiger partial charge in [-0.2, -0.15) is 0 Å². The van der Waals surface area contributed by atoms with Crippen LogP contribution in [0.15, 0.2) is 77.2 Å². The number of nitrogens with zero attached hydrogens (tertiary/aromatic N) is 2. The van der Waals surface area contributed by atoms with Gasteiger partial charge in [0.15, 0.2) is 0 Å². The maximum Gasteiger partial charge on any atom is 0.320 e. The van der Waals surface area contributed by atoms with E-state index in [1.807, 2.05) is 54.6 Å². The van der Waals surface area contributed by atoms with Gasteiger partial charge < -0.3 is 14.8 Å². The van der Waals surface area contributed by atoms with Crippen LogP contribution in [0.4, 0.5) is 0 Å². The van der Waals surface area contributed by atoms with Crippen LogP contribution in [-0.4, -0.2) is 27.3 Å². The van der Waals surface area contributed by atoms with Crippen molar-refractivity contribution >= 4 is 5.97 Å². The molecule has 0 saturated carbocycles. The second-order valence-electron chi connectivity index (χ2n) is 7.40. The van der Waals surface area contributed by atoms with Crippen molar-refractivity contribution in [3.05, 3.63) is 83.9 Å². The van der Waals surface area contributed by atoms with Crippen LogP contribution in [0.1, 0.15) is 18.1 Å². The van der Waals surface area contributed by atoms with E-state index in [1.165, 1.54) is 0 Å². The van der Waals surface area contributed by atoms with E-state index in [1.54, 1.807) is 6.92 Å². The van der Waals surface area contributed by atoms with Crippen molar-refractivity contribution in [1.29, 1.82) is 0 Å². The zero-order valence-electron chi connectivity index (χ0n) is 17.4. The molecule has 2 N–H and O–H groups in total. The normalized spacial score (nSPS) is 11.9. The van der Waals surface area contributed by atoms with Crippen LogP contribution in [0.25, 0.3) is 34.0 Å². The summed E-state index contributed by atoms with van der Waals surface area (Å²) in [5.74, 6) is 0.00626. The second kappa shape index (κ2) is 8.93. The summed E-state index contributed by atoms with van der Waals surface area (Å²) in [6.45, 7) is 4.10. The van der Waals surface area contributed by atoms with Gasteiger partial charge in [-0.3, -0.25) is 4.79 Å². The molecule has 0 amide bonds. The molecule has 0 aliphatic rings. The summed E-state index contributed by atoms with van der Waals surface area (Å²) >= 11 is 0. The van der Waals surface area contributed by atoms with Crippen molar-refractivity contribution in [3.8, 4) is 34.0 Å². The molecule has 0 saturated heterocycles. The maximum atomic E-state index is 11.0. The molecule has 3 aromatic carbocycles. The molecular weight excluding hydrogens is 390 g/mol. The predicted octanol–water partition coefficient (Wildman–Crippen LogP) is 4.94. The van der Waals surface area contributed by atoms with Crippen LogP contribution in [-0.2, 0) is 11.3 Å². The fourth-order valence-corrected chi connectivity index (χ4v) is 3.42. The highest BCUT2D eigenvalue weighted by atomic mass is 16.4. The Morgan fingerprint density at radius 2 is 1.61 bits per heavy atom. The molecule has 156 valence electrons. The van der Waals surface area contributed by atoms with E-state index in [2.05, 4.69) is 40.6 Å². The quantitative estimate of drug-likeness (QED) is 0.446. The Labute approximate surface area is 180 Å². The van der Waals surface area contributed by atoms with Crippen LogP contribution in [0, 0.1) is 6.92 Å². The van der Waals surface area contributed by atoms with Crippen molar-refractivity contribution in [1.82, 2.24) is 15.5 Å². The number of hydrogen-bond acceptors (Lipinski definition) is 5. The molecule has 31 heavy (non-hydrogen) atoms. The van der Waals surface area contributed by atoms with Crippen LogP contribution in [0.5, 0.6) is 0 Å². The largest absolute Gasteiger partial charge is 0.480 e. The van der Waals surface area contributed by atoms with E-state index >= 15 is 0 Å². The monoisotopic (exact) mass is 413 g/mol. The number of carboxylic acids is 1. The number of benzene rings is 3. The lowest BCUT2D eigenvalue weighted by Crippen LogP contribution is -2.33. The third kappa shape index (κ3) is 4.54. The summed E-state index contributed by atoms with van der Waals surface area (Å²) in [5, 5.41) is 20.5. The summed E-state index contributed by atoms with van der Waals surface area (Å²) in [7, 11) is 0. The highest BCUT2D eigenvalue weighted by Crippen LogP contribution is 2.32. The van der Waals surface area contributed by atoms with Crippen molar-refractivity contribution < 1.29 is 14.3 Å². The molecule has 0 radical (unpaired) electrons. The van der Waals surface area contributed by atoms with Crippen LogP contribution < -0.4 is 5.32 Å². The average Bonchev–Trinajstić information content (AvgIpc) is 3.28. The third-order valence-corrected chi connectivity index (χ3v) is 5.23. The first-order valence-corrected chi connectivity index (χ1v) is 10.1. The van der Waals surface area contributed by atoms with E-state index in [9.17, 15) is 4.79 Å². The molecule has 1 atom stereocenters. The molecule has 0 fully saturated rings. The molecule has 1 heterocycles. The minimum absolute atomic E-state index is 0.424. The van der Waals surface area contributed by atoms with Crippen molar-refractivity contribution in [3.63, 3.8) is 0 Å². The van der Waals surface area contributed by atoms with Crippen LogP contribution >= 0.6 is 0 Å². The van der Waals surface area contributed by atoms with Gasteiger partial charge in [-0.05, 0) is 54.3 Å². The fraction of sp³-hybridized carbons (Fsp3) is 0.160. The SMILES string of the molecule is Cc1c(-c2ccccc2)cccc1-c1nnc(-c2cccc(CN[C@@H](C)C(=O)O)c2)o1. The van der Waals surface area contributed by atoms with E-state index < -0.39 is 12.0 Å². The molecule has 0 bridgehead atoms. The standard InChI is InChI=1S/C25H23N3O3/c1-16-21(19-9-4-3-5-10-19)12-7-13-22(16)24-28-27-23(31-24)20-11-6-8-18(14-20)15-26-17(2)25(29)30/h3-14,17,26H,15H2,1-2H3,(H,29,30)/t17-/m0/s1. The average molecular weight is 413 g/mol. The smallest absolute Gasteiger partial charge is 0.320 e. The van der Waals surface area contributed by atoms with Crippen molar-refractivity contribution in [2.45, 2.75) is 26.4 Å². The number of hydrogen-bond donors (Lipinski definition) is 2. The van der Waals surface area contributed by atoms with Crippen LogP contribution in [0.3, 0.4) is 0 Å². The van der Waals surface area contributed by atoms with Gasteiger partial charge in [-0.1, -0.05) is 54.6 Å². The minimum Gasteiger partial charge on any atom is -0.480 e. The van der Waals surface area contributed by atoms with Gasteiger partial charge in [0.05, 0.1) is 0 Å². The number of aliphatic carboxylic acids is 1. The number of carbonyl (C=O) groups is 1. The van der Waals surface area contributed by atoms with Crippen molar-refractivity contribution in [2.24, 2.45) is 0 Å². The lowest BCUT2D eigenvalue weighted by molar-refractivity contribution is -0.139. The molecule has 0 aliphatic carbocycles. The van der Waals surface area contributed by atoms with Gasteiger partial charge >= 0.3 is 5.97 Å². The number of rotatable bonds is 7.